The summed E-state index contributed by atoms with van der Waals surface area (Å²) in [4.78, 5) is 34.4. The van der Waals surface area contributed by atoms with Gasteiger partial charge in [0.15, 0.2) is 0 Å². The molecule has 0 amide bonds. The maximum absolute atomic E-state index is 12.2. The molecular weight excluding hydrogens is 362 g/mol. The Hall–Kier alpha value is -4.00. The number of hydrogen-bond acceptors (Lipinski definition) is 6. The van der Waals surface area contributed by atoms with Crippen molar-refractivity contribution in [3.8, 4) is 5.75 Å². The van der Waals surface area contributed by atoms with Gasteiger partial charge in [0.25, 0.3) is 5.69 Å². The van der Waals surface area contributed by atoms with Crippen LogP contribution in [0.25, 0.3) is 0 Å². The van der Waals surface area contributed by atoms with E-state index in [-0.39, 0.29) is 17.9 Å². The van der Waals surface area contributed by atoms with Crippen LogP contribution in [0.5, 0.6) is 5.75 Å². The third-order valence-electron chi connectivity index (χ3n) is 3.80. The Kier molecular flexibility index (Phi) is 5.76. The minimum Gasteiger partial charge on any atom is -0.457 e. The lowest BCUT2D eigenvalue weighted by atomic mass is 10.1. The van der Waals surface area contributed by atoms with Crippen LogP contribution in [0.3, 0.4) is 0 Å². The van der Waals surface area contributed by atoms with Gasteiger partial charge in [0, 0.05) is 12.1 Å². The molecule has 140 valence electrons. The standard InChI is InChI=1S/C21H15NO6/c23-20(16-9-11-18(12-10-16)22(25)26)27-14-15-5-4-6-17(13-15)21(24)28-19-7-2-1-3-8-19/h1-13H,14H2. The van der Waals surface area contributed by atoms with E-state index in [9.17, 15) is 19.7 Å². The van der Waals surface area contributed by atoms with E-state index in [1.54, 1.807) is 48.5 Å². The molecule has 0 aromatic heterocycles. The summed E-state index contributed by atoms with van der Waals surface area (Å²) in [6, 6.07) is 20.4. The molecule has 28 heavy (non-hydrogen) atoms. The highest BCUT2D eigenvalue weighted by atomic mass is 16.6. The van der Waals surface area contributed by atoms with E-state index in [0.29, 0.717) is 16.9 Å². The minimum atomic E-state index is -0.618. The smallest absolute Gasteiger partial charge is 0.343 e. The molecule has 3 rings (SSSR count). The lowest BCUT2D eigenvalue weighted by Gasteiger charge is -2.07. The molecule has 0 aliphatic rings. The largest absolute Gasteiger partial charge is 0.457 e. The van der Waals surface area contributed by atoms with Crippen LogP contribution < -0.4 is 4.74 Å². The summed E-state index contributed by atoms with van der Waals surface area (Å²) in [5.74, 6) is -0.704. The molecule has 0 aliphatic heterocycles. The van der Waals surface area contributed by atoms with Crippen LogP contribution in [-0.2, 0) is 11.3 Å². The number of nitrogens with zero attached hydrogens (tertiary/aromatic N) is 1. The number of para-hydroxylation sites is 1. The maximum Gasteiger partial charge on any atom is 0.343 e. The van der Waals surface area contributed by atoms with Crippen molar-refractivity contribution >= 4 is 17.6 Å². The van der Waals surface area contributed by atoms with E-state index in [1.807, 2.05) is 6.07 Å². The van der Waals surface area contributed by atoms with E-state index in [0.717, 1.165) is 0 Å². The SMILES string of the molecule is O=C(OCc1cccc(C(=O)Oc2ccccc2)c1)c1ccc([N+](=O)[O-])cc1. The summed E-state index contributed by atoms with van der Waals surface area (Å²) in [6.45, 7) is -0.0533. The summed E-state index contributed by atoms with van der Waals surface area (Å²) < 4.78 is 10.5. The monoisotopic (exact) mass is 377 g/mol. The summed E-state index contributed by atoms with van der Waals surface area (Å²) in [5, 5.41) is 10.6. The van der Waals surface area contributed by atoms with E-state index in [1.165, 1.54) is 24.3 Å². The Morgan fingerprint density at radius 2 is 1.54 bits per heavy atom. The molecule has 0 saturated heterocycles. The Labute approximate surface area is 160 Å². The molecular formula is C21H15NO6. The first-order chi connectivity index (χ1) is 13.5. The van der Waals surface area contributed by atoms with Crippen molar-refractivity contribution in [2.24, 2.45) is 0 Å². The van der Waals surface area contributed by atoms with Gasteiger partial charge in [-0.15, -0.1) is 0 Å². The predicted octanol–water partition coefficient (Wildman–Crippen LogP) is 4.17. The zero-order valence-corrected chi connectivity index (χ0v) is 14.6. The van der Waals surface area contributed by atoms with Crippen LogP contribution in [0.1, 0.15) is 26.3 Å². The third kappa shape index (κ3) is 4.79. The Morgan fingerprint density at radius 1 is 0.821 bits per heavy atom. The number of esters is 2. The second kappa shape index (κ2) is 8.59. The number of carbonyl (C=O) groups excluding carboxylic acids is 2. The first-order valence-corrected chi connectivity index (χ1v) is 8.31. The van der Waals surface area contributed by atoms with Crippen LogP contribution in [-0.4, -0.2) is 16.9 Å². The fourth-order valence-electron chi connectivity index (χ4n) is 2.39. The molecule has 0 radical (unpaired) electrons. The molecule has 0 atom stereocenters. The summed E-state index contributed by atoms with van der Waals surface area (Å²) >= 11 is 0. The molecule has 0 spiro atoms. The second-order valence-electron chi connectivity index (χ2n) is 5.78. The first kappa shape index (κ1) is 18.8. The normalized spacial score (nSPS) is 10.1. The van der Waals surface area contributed by atoms with Crippen molar-refractivity contribution in [2.75, 3.05) is 0 Å². The number of hydrogen-bond donors (Lipinski definition) is 0. The van der Waals surface area contributed by atoms with Gasteiger partial charge in [-0.1, -0.05) is 30.3 Å². The predicted molar refractivity (Wildman–Crippen MR) is 100 cm³/mol. The van der Waals surface area contributed by atoms with Gasteiger partial charge in [-0.3, -0.25) is 10.1 Å². The number of nitro benzene ring substituents is 1. The zero-order chi connectivity index (χ0) is 19.9. The second-order valence-corrected chi connectivity index (χ2v) is 5.78. The van der Waals surface area contributed by atoms with Crippen molar-refractivity contribution in [3.05, 3.63) is 106 Å². The quantitative estimate of drug-likeness (QED) is 0.277. The maximum atomic E-state index is 12.2. The number of rotatable bonds is 6. The number of benzene rings is 3. The lowest BCUT2D eigenvalue weighted by Crippen LogP contribution is -2.10. The van der Waals surface area contributed by atoms with Crippen molar-refractivity contribution in [2.45, 2.75) is 6.61 Å². The van der Waals surface area contributed by atoms with Gasteiger partial charge < -0.3 is 9.47 Å². The number of ether oxygens (including phenoxy) is 2. The van der Waals surface area contributed by atoms with E-state index < -0.39 is 16.9 Å². The first-order valence-electron chi connectivity index (χ1n) is 8.31. The molecule has 3 aromatic carbocycles. The number of non-ortho nitro benzene ring substituents is 1. The van der Waals surface area contributed by atoms with Crippen molar-refractivity contribution < 1.29 is 24.0 Å². The molecule has 7 heteroatoms. The summed E-state index contributed by atoms with van der Waals surface area (Å²) in [5.41, 5.74) is 1.02. The van der Waals surface area contributed by atoms with Gasteiger partial charge in [0.1, 0.15) is 12.4 Å². The van der Waals surface area contributed by atoms with Crippen LogP contribution in [0.2, 0.25) is 0 Å². The molecule has 0 N–H and O–H groups in total. The molecule has 7 nitrogen and oxygen atoms in total. The van der Waals surface area contributed by atoms with Gasteiger partial charge in [-0.05, 0) is 42.0 Å². The van der Waals surface area contributed by atoms with Crippen molar-refractivity contribution in [1.29, 1.82) is 0 Å². The van der Waals surface area contributed by atoms with Crippen molar-refractivity contribution in [3.63, 3.8) is 0 Å². The van der Waals surface area contributed by atoms with Gasteiger partial charge in [0.05, 0.1) is 16.1 Å². The number of nitro groups is 1. The highest BCUT2D eigenvalue weighted by Crippen LogP contribution is 2.15. The Balaban J connectivity index is 1.62. The van der Waals surface area contributed by atoms with Crippen LogP contribution >= 0.6 is 0 Å². The third-order valence-corrected chi connectivity index (χ3v) is 3.80. The number of carbonyl (C=O) groups is 2. The highest BCUT2D eigenvalue weighted by Gasteiger charge is 2.12. The zero-order valence-electron chi connectivity index (χ0n) is 14.6. The van der Waals surface area contributed by atoms with Crippen LogP contribution in [0, 0.1) is 10.1 Å². The van der Waals surface area contributed by atoms with Gasteiger partial charge in [-0.2, -0.15) is 0 Å². The highest BCUT2D eigenvalue weighted by molar-refractivity contribution is 5.91. The average Bonchev–Trinajstić information content (AvgIpc) is 2.73. The van der Waals surface area contributed by atoms with Gasteiger partial charge in [-0.25, -0.2) is 9.59 Å². The molecule has 3 aromatic rings. The van der Waals surface area contributed by atoms with Crippen LogP contribution in [0.4, 0.5) is 5.69 Å². The summed E-state index contributed by atoms with van der Waals surface area (Å²) in [7, 11) is 0. The minimum absolute atomic E-state index is 0.0533. The van der Waals surface area contributed by atoms with Gasteiger partial charge in [0.2, 0.25) is 0 Å². The fourth-order valence-corrected chi connectivity index (χ4v) is 2.39. The van der Waals surface area contributed by atoms with E-state index in [2.05, 4.69) is 0 Å². The fraction of sp³-hybridized carbons (Fsp3) is 0.0476. The Bertz CT molecular complexity index is 999. The Morgan fingerprint density at radius 3 is 2.21 bits per heavy atom. The molecule has 0 unspecified atom stereocenters. The van der Waals surface area contributed by atoms with E-state index >= 15 is 0 Å². The molecule has 0 aliphatic carbocycles. The van der Waals surface area contributed by atoms with E-state index in [4.69, 9.17) is 9.47 Å². The van der Waals surface area contributed by atoms with Crippen molar-refractivity contribution in [1.82, 2.24) is 0 Å². The molecule has 0 bridgehead atoms. The lowest BCUT2D eigenvalue weighted by molar-refractivity contribution is -0.384. The molecule has 0 heterocycles. The molecule has 0 fully saturated rings. The topological polar surface area (TPSA) is 95.7 Å². The van der Waals surface area contributed by atoms with Gasteiger partial charge >= 0.3 is 11.9 Å². The van der Waals surface area contributed by atoms with Crippen LogP contribution in [0.15, 0.2) is 78.9 Å². The summed E-state index contributed by atoms with van der Waals surface area (Å²) in [6.07, 6.45) is 0. The average molecular weight is 377 g/mol. The molecule has 0 saturated carbocycles.